The van der Waals surface area contributed by atoms with Crippen LogP contribution in [0.25, 0.3) is 11.0 Å². The predicted molar refractivity (Wildman–Crippen MR) is 85.3 cm³/mol. The van der Waals surface area contributed by atoms with Gasteiger partial charge in [-0.2, -0.15) is 0 Å². The third kappa shape index (κ3) is 3.27. The molecular formula is C18H13FO5. The number of carbonyl (C=O) groups is 1. The zero-order valence-electron chi connectivity index (χ0n) is 12.7. The molecule has 1 heterocycles. The van der Waals surface area contributed by atoms with Gasteiger partial charge in [0.25, 0.3) is 0 Å². The molecule has 0 amide bonds. The average molecular weight is 328 g/mol. The largest absolute Gasteiger partial charge is 0.496 e. The van der Waals surface area contributed by atoms with Crippen LogP contribution in [-0.2, 0) is 0 Å². The third-order valence-electron chi connectivity index (χ3n) is 3.43. The lowest BCUT2D eigenvalue weighted by Crippen LogP contribution is -2.13. The molecule has 0 bridgehead atoms. The molecule has 3 aromatic rings. The molecule has 0 N–H and O–H groups in total. The Bertz CT molecular complexity index is 961. The second-order valence-corrected chi connectivity index (χ2v) is 5.01. The maximum atomic E-state index is 13.3. The zero-order chi connectivity index (χ0) is 17.1. The van der Waals surface area contributed by atoms with Gasteiger partial charge in [-0.25, -0.2) is 9.18 Å². The Balaban J connectivity index is 1.79. The Kier molecular flexibility index (Phi) is 4.29. The van der Waals surface area contributed by atoms with Crippen molar-refractivity contribution in [1.82, 2.24) is 0 Å². The van der Waals surface area contributed by atoms with E-state index in [9.17, 15) is 14.0 Å². The molecule has 0 aliphatic heterocycles. The molecule has 6 heteroatoms. The van der Waals surface area contributed by atoms with E-state index >= 15 is 0 Å². The van der Waals surface area contributed by atoms with Crippen molar-refractivity contribution >= 4 is 16.8 Å². The zero-order valence-corrected chi connectivity index (χ0v) is 12.7. The highest BCUT2D eigenvalue weighted by molar-refractivity contribution is 5.99. The molecule has 0 saturated heterocycles. The molecule has 0 atom stereocenters. The van der Waals surface area contributed by atoms with Gasteiger partial charge < -0.3 is 13.9 Å². The van der Waals surface area contributed by atoms with Gasteiger partial charge in [0.05, 0.1) is 12.7 Å². The van der Waals surface area contributed by atoms with Crippen molar-refractivity contribution in [3.8, 4) is 11.5 Å². The van der Waals surface area contributed by atoms with Gasteiger partial charge in [0.2, 0.25) is 5.78 Å². The average Bonchev–Trinajstić information content (AvgIpc) is 2.59. The monoisotopic (exact) mass is 328 g/mol. The summed E-state index contributed by atoms with van der Waals surface area (Å²) >= 11 is 0. The lowest BCUT2D eigenvalue weighted by Gasteiger charge is -2.09. The van der Waals surface area contributed by atoms with E-state index in [0.717, 1.165) is 11.5 Å². The standard InChI is InChI=1S/C18H13FO5/c1-22-16-6-4-12(19)8-14(16)15(20)10-23-13-5-2-11-3-7-18(21)24-17(11)9-13/h2-9H,10H2,1H3. The maximum absolute atomic E-state index is 13.3. The summed E-state index contributed by atoms with van der Waals surface area (Å²) in [5.74, 6) is -0.331. The highest BCUT2D eigenvalue weighted by Crippen LogP contribution is 2.22. The van der Waals surface area contributed by atoms with Crippen LogP contribution in [0.5, 0.6) is 11.5 Å². The van der Waals surface area contributed by atoms with Crippen LogP contribution >= 0.6 is 0 Å². The second kappa shape index (κ2) is 6.54. The van der Waals surface area contributed by atoms with E-state index < -0.39 is 17.2 Å². The van der Waals surface area contributed by atoms with Crippen LogP contribution in [-0.4, -0.2) is 19.5 Å². The van der Waals surface area contributed by atoms with Crippen LogP contribution in [0, 0.1) is 5.82 Å². The van der Waals surface area contributed by atoms with Crippen LogP contribution in [0.2, 0.25) is 0 Å². The number of benzene rings is 2. The first-order valence-corrected chi connectivity index (χ1v) is 7.10. The van der Waals surface area contributed by atoms with Crippen molar-refractivity contribution in [3.63, 3.8) is 0 Å². The quantitative estimate of drug-likeness (QED) is 0.531. The summed E-state index contributed by atoms with van der Waals surface area (Å²) in [4.78, 5) is 23.5. The highest BCUT2D eigenvalue weighted by Gasteiger charge is 2.14. The number of rotatable bonds is 5. The molecule has 3 rings (SSSR count). The van der Waals surface area contributed by atoms with Gasteiger partial charge in [-0.05, 0) is 36.4 Å². The van der Waals surface area contributed by atoms with Crippen molar-refractivity contribution in [2.24, 2.45) is 0 Å². The fourth-order valence-electron chi connectivity index (χ4n) is 2.26. The normalized spacial score (nSPS) is 10.6. The van der Waals surface area contributed by atoms with E-state index in [1.54, 1.807) is 18.2 Å². The first-order chi connectivity index (χ1) is 11.6. The molecule has 24 heavy (non-hydrogen) atoms. The highest BCUT2D eigenvalue weighted by atomic mass is 19.1. The van der Waals surface area contributed by atoms with E-state index in [4.69, 9.17) is 13.9 Å². The summed E-state index contributed by atoms with van der Waals surface area (Å²) in [6.45, 7) is -0.303. The number of methoxy groups -OCH3 is 1. The Labute approximate surface area is 136 Å². The minimum atomic E-state index is -0.536. The SMILES string of the molecule is COc1ccc(F)cc1C(=O)COc1ccc2ccc(=O)oc2c1. The van der Waals surface area contributed by atoms with Crippen molar-refractivity contribution in [2.45, 2.75) is 0 Å². The number of carbonyl (C=O) groups excluding carboxylic acids is 1. The summed E-state index contributed by atoms with van der Waals surface area (Å²) in [7, 11) is 1.40. The number of hydrogen-bond donors (Lipinski definition) is 0. The molecule has 0 fully saturated rings. The molecular weight excluding hydrogens is 315 g/mol. The van der Waals surface area contributed by atoms with Crippen LogP contribution in [0.1, 0.15) is 10.4 Å². The van der Waals surface area contributed by atoms with Crippen LogP contribution in [0.4, 0.5) is 4.39 Å². The molecule has 0 aliphatic carbocycles. The molecule has 0 saturated carbocycles. The van der Waals surface area contributed by atoms with Crippen LogP contribution < -0.4 is 15.1 Å². The maximum Gasteiger partial charge on any atom is 0.336 e. The van der Waals surface area contributed by atoms with Crippen molar-refractivity contribution in [2.75, 3.05) is 13.7 Å². The number of ether oxygens (including phenoxy) is 2. The Hall–Kier alpha value is -3.15. The van der Waals surface area contributed by atoms with Gasteiger partial charge in [-0.3, -0.25) is 4.79 Å². The topological polar surface area (TPSA) is 65.7 Å². The molecule has 2 aromatic carbocycles. The Morgan fingerprint density at radius 1 is 1.12 bits per heavy atom. The van der Waals surface area contributed by atoms with Crippen LogP contribution in [0.3, 0.4) is 0 Å². The van der Waals surface area contributed by atoms with Crippen molar-refractivity contribution in [1.29, 1.82) is 0 Å². The minimum absolute atomic E-state index is 0.102. The molecule has 122 valence electrons. The molecule has 0 unspecified atom stereocenters. The Morgan fingerprint density at radius 2 is 1.92 bits per heavy atom. The third-order valence-corrected chi connectivity index (χ3v) is 3.43. The fraction of sp³-hybridized carbons (Fsp3) is 0.111. The molecule has 5 nitrogen and oxygen atoms in total. The van der Waals surface area contributed by atoms with Gasteiger partial charge in [0.15, 0.2) is 6.61 Å². The van der Waals surface area contributed by atoms with Gasteiger partial charge in [0, 0.05) is 17.5 Å². The summed E-state index contributed by atoms with van der Waals surface area (Å²) in [6.07, 6.45) is 0. The minimum Gasteiger partial charge on any atom is -0.496 e. The summed E-state index contributed by atoms with van der Waals surface area (Å²) in [5, 5.41) is 0.736. The second-order valence-electron chi connectivity index (χ2n) is 5.01. The first kappa shape index (κ1) is 15.7. The lowest BCUT2D eigenvalue weighted by molar-refractivity contribution is 0.0918. The number of hydrogen-bond acceptors (Lipinski definition) is 5. The van der Waals surface area contributed by atoms with Gasteiger partial charge >= 0.3 is 5.63 Å². The summed E-state index contributed by atoms with van der Waals surface area (Å²) in [5.41, 5.74) is -0.0131. The van der Waals surface area contributed by atoms with E-state index in [1.807, 2.05) is 0 Å². The van der Waals surface area contributed by atoms with Gasteiger partial charge in [-0.15, -0.1) is 0 Å². The van der Waals surface area contributed by atoms with E-state index in [0.29, 0.717) is 11.3 Å². The first-order valence-electron chi connectivity index (χ1n) is 7.10. The molecule has 0 spiro atoms. The molecule has 0 aliphatic rings. The smallest absolute Gasteiger partial charge is 0.336 e. The molecule has 0 radical (unpaired) electrons. The van der Waals surface area contributed by atoms with Crippen molar-refractivity contribution < 1.29 is 23.1 Å². The fourth-order valence-corrected chi connectivity index (χ4v) is 2.26. The van der Waals surface area contributed by atoms with E-state index in [2.05, 4.69) is 0 Å². The summed E-state index contributed by atoms with van der Waals surface area (Å²) < 4.78 is 28.9. The number of ketones is 1. The predicted octanol–water partition coefficient (Wildman–Crippen LogP) is 3.20. The van der Waals surface area contributed by atoms with E-state index in [-0.39, 0.29) is 17.9 Å². The van der Waals surface area contributed by atoms with Gasteiger partial charge in [-0.1, -0.05) is 0 Å². The number of fused-ring (bicyclic) bond motifs is 1. The molecule has 1 aromatic heterocycles. The number of halogens is 1. The van der Waals surface area contributed by atoms with E-state index in [1.165, 1.54) is 31.4 Å². The van der Waals surface area contributed by atoms with Crippen LogP contribution in [0.15, 0.2) is 57.7 Å². The van der Waals surface area contributed by atoms with Crippen molar-refractivity contribution in [3.05, 3.63) is 70.3 Å². The van der Waals surface area contributed by atoms with Gasteiger partial charge in [0.1, 0.15) is 22.9 Å². The summed E-state index contributed by atoms with van der Waals surface area (Å²) in [6, 6.07) is 11.5. The lowest BCUT2D eigenvalue weighted by atomic mass is 10.1. The Morgan fingerprint density at radius 3 is 2.71 bits per heavy atom. The number of Topliss-reactive ketones (excluding diaryl/α,β-unsaturated/α-hetero) is 1.